The fourth-order valence-corrected chi connectivity index (χ4v) is 3.09. The number of carbonyl (C=O) groups excluding carboxylic acids is 1. The van der Waals surface area contributed by atoms with Crippen molar-refractivity contribution in [2.45, 2.75) is 66.5 Å². The highest BCUT2D eigenvalue weighted by atomic mass is 16.6. The molecule has 1 aromatic rings. The number of hydrogen-bond acceptors (Lipinski definition) is 5. The summed E-state index contributed by atoms with van der Waals surface area (Å²) >= 11 is 0. The van der Waals surface area contributed by atoms with E-state index in [1.54, 1.807) is 4.90 Å². The van der Waals surface area contributed by atoms with Gasteiger partial charge >= 0.3 is 6.09 Å². The van der Waals surface area contributed by atoms with Crippen LogP contribution in [0.3, 0.4) is 0 Å². The summed E-state index contributed by atoms with van der Waals surface area (Å²) in [5.74, 6) is 1.14. The summed E-state index contributed by atoms with van der Waals surface area (Å²) in [4.78, 5) is 25.7. The Morgan fingerprint density at radius 3 is 2.56 bits per heavy atom. The molecule has 6 nitrogen and oxygen atoms in total. The summed E-state index contributed by atoms with van der Waals surface area (Å²) in [5, 5.41) is 0. The van der Waals surface area contributed by atoms with Crippen molar-refractivity contribution in [3.63, 3.8) is 0 Å². The Balaban J connectivity index is 2.17. The Morgan fingerprint density at radius 2 is 2.04 bits per heavy atom. The second-order valence-electron chi connectivity index (χ2n) is 8.07. The van der Waals surface area contributed by atoms with Gasteiger partial charge in [0, 0.05) is 31.5 Å². The number of carbonyl (C=O) groups is 1. The normalized spacial score (nSPS) is 18.6. The first kappa shape index (κ1) is 19.5. The summed E-state index contributed by atoms with van der Waals surface area (Å²) in [6.45, 7) is 16.1. The fraction of sp³-hybridized carbons (Fsp3) is 0.737. The molecule has 0 aliphatic carbocycles. The first-order valence-corrected chi connectivity index (χ1v) is 9.19. The van der Waals surface area contributed by atoms with E-state index in [-0.39, 0.29) is 12.1 Å². The molecule has 0 N–H and O–H groups in total. The van der Waals surface area contributed by atoms with Crippen LogP contribution in [0.15, 0.2) is 6.20 Å². The molecule has 0 radical (unpaired) electrons. The zero-order valence-corrected chi connectivity index (χ0v) is 16.7. The van der Waals surface area contributed by atoms with Gasteiger partial charge in [0.15, 0.2) is 0 Å². The van der Waals surface area contributed by atoms with E-state index in [9.17, 15) is 4.79 Å². The van der Waals surface area contributed by atoms with Crippen LogP contribution in [-0.2, 0) is 11.2 Å². The fourth-order valence-electron chi connectivity index (χ4n) is 3.09. The monoisotopic (exact) mass is 348 g/mol. The summed E-state index contributed by atoms with van der Waals surface area (Å²) < 4.78 is 5.53. The maximum absolute atomic E-state index is 12.4. The Kier molecular flexibility index (Phi) is 5.91. The third-order valence-corrected chi connectivity index (χ3v) is 4.55. The lowest BCUT2D eigenvalue weighted by atomic mass is 10.00. The van der Waals surface area contributed by atoms with Gasteiger partial charge in [-0.25, -0.2) is 14.8 Å². The minimum Gasteiger partial charge on any atom is -0.444 e. The van der Waals surface area contributed by atoms with Gasteiger partial charge in [-0.1, -0.05) is 20.8 Å². The molecule has 0 spiro atoms. The third kappa shape index (κ3) is 4.83. The minimum atomic E-state index is -0.474. The van der Waals surface area contributed by atoms with Gasteiger partial charge in [0.2, 0.25) is 5.95 Å². The molecule has 140 valence electrons. The van der Waals surface area contributed by atoms with Crippen LogP contribution < -0.4 is 4.90 Å². The average Bonchev–Trinajstić information content (AvgIpc) is 2.52. The molecule has 6 heteroatoms. The Labute approximate surface area is 151 Å². The van der Waals surface area contributed by atoms with Crippen molar-refractivity contribution in [3.05, 3.63) is 17.5 Å². The Hall–Kier alpha value is -1.85. The molecule has 2 rings (SSSR count). The van der Waals surface area contributed by atoms with E-state index in [0.29, 0.717) is 25.6 Å². The van der Waals surface area contributed by atoms with Gasteiger partial charge < -0.3 is 14.5 Å². The van der Waals surface area contributed by atoms with Crippen molar-refractivity contribution in [2.24, 2.45) is 5.92 Å². The molecule has 1 amide bonds. The second kappa shape index (κ2) is 7.58. The summed E-state index contributed by atoms with van der Waals surface area (Å²) in [6.07, 6.45) is 2.62. The molecule has 1 saturated heterocycles. The first-order valence-electron chi connectivity index (χ1n) is 9.19. The van der Waals surface area contributed by atoms with Crippen molar-refractivity contribution >= 4 is 12.0 Å². The second-order valence-corrected chi connectivity index (χ2v) is 8.07. The van der Waals surface area contributed by atoms with Gasteiger partial charge in [-0.05, 0) is 45.6 Å². The van der Waals surface area contributed by atoms with E-state index in [4.69, 9.17) is 9.72 Å². The quantitative estimate of drug-likeness (QED) is 0.837. The molecule has 0 aromatic carbocycles. The predicted molar refractivity (Wildman–Crippen MR) is 99.9 cm³/mol. The molecular weight excluding hydrogens is 316 g/mol. The van der Waals surface area contributed by atoms with Crippen LogP contribution in [0.2, 0.25) is 0 Å². The number of aryl methyl sites for hydroxylation is 2. The number of nitrogens with zero attached hydrogens (tertiary/aromatic N) is 4. The number of aromatic nitrogens is 2. The molecule has 1 aliphatic rings. The van der Waals surface area contributed by atoms with Crippen molar-refractivity contribution in [2.75, 3.05) is 24.5 Å². The average molecular weight is 348 g/mol. The summed E-state index contributed by atoms with van der Waals surface area (Å²) in [5.41, 5.74) is 1.74. The van der Waals surface area contributed by atoms with Gasteiger partial charge in [-0.2, -0.15) is 0 Å². The smallest absolute Gasteiger partial charge is 0.410 e. The van der Waals surface area contributed by atoms with E-state index in [2.05, 4.69) is 30.7 Å². The van der Waals surface area contributed by atoms with Gasteiger partial charge in [0.25, 0.3) is 0 Å². The predicted octanol–water partition coefficient (Wildman–Crippen LogP) is 3.43. The van der Waals surface area contributed by atoms with Crippen LogP contribution in [0, 0.1) is 12.8 Å². The number of piperazine rings is 1. The van der Waals surface area contributed by atoms with Gasteiger partial charge in [0.1, 0.15) is 5.60 Å². The number of amides is 1. The van der Waals surface area contributed by atoms with E-state index in [0.717, 1.165) is 18.1 Å². The highest BCUT2D eigenvalue weighted by molar-refractivity contribution is 5.68. The lowest BCUT2D eigenvalue weighted by molar-refractivity contribution is 0.0201. The highest BCUT2D eigenvalue weighted by Gasteiger charge is 2.34. The largest absolute Gasteiger partial charge is 0.444 e. The molecule has 2 heterocycles. The molecule has 0 saturated carbocycles. The van der Waals surface area contributed by atoms with Gasteiger partial charge in [-0.3, -0.25) is 0 Å². The van der Waals surface area contributed by atoms with Crippen LogP contribution >= 0.6 is 0 Å². The van der Waals surface area contributed by atoms with E-state index in [1.165, 1.54) is 5.56 Å². The van der Waals surface area contributed by atoms with E-state index in [1.807, 2.05) is 33.9 Å². The van der Waals surface area contributed by atoms with E-state index >= 15 is 0 Å². The maximum Gasteiger partial charge on any atom is 0.410 e. The molecule has 0 bridgehead atoms. The molecule has 1 aliphatic heterocycles. The van der Waals surface area contributed by atoms with Crippen LogP contribution in [0.1, 0.15) is 52.8 Å². The minimum absolute atomic E-state index is 0.174. The zero-order valence-electron chi connectivity index (χ0n) is 16.7. The van der Waals surface area contributed by atoms with Crippen LogP contribution in [-0.4, -0.2) is 52.2 Å². The number of ether oxygens (including phenoxy) is 1. The molecule has 1 atom stereocenters. The molecular formula is C19H32N4O2. The molecule has 1 aromatic heterocycles. The van der Waals surface area contributed by atoms with Crippen LogP contribution in [0.25, 0.3) is 0 Å². The zero-order chi connectivity index (χ0) is 18.8. The van der Waals surface area contributed by atoms with Gasteiger partial charge in [-0.15, -0.1) is 0 Å². The molecule has 25 heavy (non-hydrogen) atoms. The number of anilines is 1. The van der Waals surface area contributed by atoms with Crippen LogP contribution in [0.4, 0.5) is 10.7 Å². The third-order valence-electron chi connectivity index (χ3n) is 4.55. The SMILES string of the molecule is CCc1cnc(N2CCN(C(=O)OC(C)(C)C)C[C@H]2C(C)C)nc1C. The summed E-state index contributed by atoms with van der Waals surface area (Å²) in [7, 11) is 0. The van der Waals surface area contributed by atoms with Gasteiger partial charge in [0.05, 0.1) is 6.04 Å². The van der Waals surface area contributed by atoms with E-state index < -0.39 is 5.60 Å². The number of hydrogen-bond donors (Lipinski definition) is 0. The number of rotatable bonds is 3. The van der Waals surface area contributed by atoms with Crippen molar-refractivity contribution in [1.82, 2.24) is 14.9 Å². The molecule has 1 fully saturated rings. The Morgan fingerprint density at radius 1 is 1.36 bits per heavy atom. The van der Waals surface area contributed by atoms with Crippen molar-refractivity contribution < 1.29 is 9.53 Å². The van der Waals surface area contributed by atoms with Crippen molar-refractivity contribution in [3.8, 4) is 0 Å². The molecule has 0 unspecified atom stereocenters. The highest BCUT2D eigenvalue weighted by Crippen LogP contribution is 2.24. The first-order chi connectivity index (χ1) is 11.6. The Bertz CT molecular complexity index is 610. The lowest BCUT2D eigenvalue weighted by Gasteiger charge is -2.43. The lowest BCUT2D eigenvalue weighted by Crippen LogP contribution is -2.58. The topological polar surface area (TPSA) is 58.6 Å². The summed E-state index contributed by atoms with van der Waals surface area (Å²) in [6, 6.07) is 0.174. The van der Waals surface area contributed by atoms with Crippen molar-refractivity contribution in [1.29, 1.82) is 0 Å². The maximum atomic E-state index is 12.4. The standard InChI is InChI=1S/C19H32N4O2/c1-8-15-11-20-17(21-14(15)4)23-10-9-22(12-16(23)13(2)3)18(24)25-19(5,6)7/h11,13,16H,8-10,12H2,1-7H3/t16-/m0/s1. The van der Waals surface area contributed by atoms with Crippen LogP contribution in [0.5, 0.6) is 0 Å².